The van der Waals surface area contributed by atoms with Crippen LogP contribution in [0.2, 0.25) is 0 Å². The van der Waals surface area contributed by atoms with Crippen LogP contribution in [0, 0.1) is 5.92 Å². The molecule has 0 aliphatic carbocycles. The van der Waals surface area contributed by atoms with E-state index in [0.29, 0.717) is 5.76 Å². The smallest absolute Gasteiger partial charge is 0.383 e. The largest absolute Gasteiger partial charge is 0.414 e. The second kappa shape index (κ2) is 6.66. The van der Waals surface area contributed by atoms with Crippen molar-refractivity contribution in [1.29, 1.82) is 0 Å². The molecule has 0 bridgehead atoms. The Hall–Kier alpha value is -1.61. The molecule has 1 aromatic heterocycles. The molecule has 0 aromatic carbocycles. The van der Waals surface area contributed by atoms with Gasteiger partial charge >= 0.3 is 6.18 Å². The lowest BCUT2D eigenvalue weighted by Gasteiger charge is -2.34. The minimum Gasteiger partial charge on any atom is -0.383 e. The summed E-state index contributed by atoms with van der Waals surface area (Å²) in [6.45, 7) is 0.465. The first-order chi connectivity index (χ1) is 10.3. The van der Waals surface area contributed by atoms with Crippen LogP contribution in [-0.4, -0.2) is 53.5 Å². The first-order valence-corrected chi connectivity index (χ1v) is 6.81. The maximum Gasteiger partial charge on any atom is 0.414 e. The Kier molecular flexibility index (Phi) is 5.07. The quantitative estimate of drug-likeness (QED) is 0.911. The lowest BCUT2D eigenvalue weighted by atomic mass is 9.91. The molecule has 1 amide bonds. The van der Waals surface area contributed by atoms with Crippen LogP contribution in [0.3, 0.4) is 0 Å². The standard InChI is InChI=1S/C13H17F3N2O4/c1-21-7-9-6-10(17-22-9)12(20)18-4-2-8(3-5-18)11(19)13(14,15)16/h6,8,11,19H,2-5,7H2,1H3. The van der Waals surface area contributed by atoms with Crippen molar-refractivity contribution >= 4 is 5.91 Å². The fraction of sp³-hybridized carbons (Fsp3) is 0.692. The van der Waals surface area contributed by atoms with E-state index in [2.05, 4.69) is 5.16 Å². The second-order valence-electron chi connectivity index (χ2n) is 5.23. The average molecular weight is 322 g/mol. The van der Waals surface area contributed by atoms with E-state index in [1.807, 2.05) is 0 Å². The zero-order chi connectivity index (χ0) is 16.3. The van der Waals surface area contributed by atoms with Crippen molar-refractivity contribution in [2.45, 2.75) is 31.7 Å². The average Bonchev–Trinajstić information content (AvgIpc) is 2.94. The van der Waals surface area contributed by atoms with Gasteiger partial charge in [0.2, 0.25) is 0 Å². The summed E-state index contributed by atoms with van der Waals surface area (Å²) < 4.78 is 47.2. The SMILES string of the molecule is COCc1cc(C(=O)N2CCC(C(O)C(F)(F)F)CC2)no1. The monoisotopic (exact) mass is 322 g/mol. The number of aliphatic hydroxyl groups excluding tert-OH is 1. The number of nitrogens with zero attached hydrogens (tertiary/aromatic N) is 2. The maximum atomic E-state index is 12.5. The minimum atomic E-state index is -4.63. The molecule has 6 nitrogen and oxygen atoms in total. The summed E-state index contributed by atoms with van der Waals surface area (Å²) in [7, 11) is 1.47. The van der Waals surface area contributed by atoms with E-state index in [0.717, 1.165) is 0 Å². The number of aromatic nitrogens is 1. The molecule has 0 spiro atoms. The Morgan fingerprint density at radius 2 is 2.18 bits per heavy atom. The molecule has 9 heteroatoms. The lowest BCUT2D eigenvalue weighted by Crippen LogP contribution is -2.45. The number of rotatable bonds is 4. The van der Waals surface area contributed by atoms with E-state index in [1.165, 1.54) is 18.1 Å². The van der Waals surface area contributed by atoms with Gasteiger partial charge in [-0.15, -0.1) is 0 Å². The normalized spacial score (nSPS) is 18.5. The van der Waals surface area contributed by atoms with Gasteiger partial charge in [-0.3, -0.25) is 4.79 Å². The van der Waals surface area contributed by atoms with Crippen LogP contribution in [0.4, 0.5) is 13.2 Å². The molecule has 0 saturated carbocycles. The van der Waals surface area contributed by atoms with E-state index < -0.39 is 24.1 Å². The Balaban J connectivity index is 1.92. The van der Waals surface area contributed by atoms with Crippen molar-refractivity contribution in [3.63, 3.8) is 0 Å². The summed E-state index contributed by atoms with van der Waals surface area (Å²) in [6, 6.07) is 1.45. The number of halogens is 3. The predicted molar refractivity (Wildman–Crippen MR) is 67.9 cm³/mol. The highest BCUT2D eigenvalue weighted by Gasteiger charge is 2.44. The zero-order valence-electron chi connectivity index (χ0n) is 12.0. The van der Waals surface area contributed by atoms with Crippen molar-refractivity contribution < 1.29 is 32.3 Å². The Labute approximate surface area is 124 Å². The third-order valence-electron chi connectivity index (χ3n) is 3.67. The van der Waals surface area contributed by atoms with Crippen molar-refractivity contribution in [3.05, 3.63) is 17.5 Å². The Morgan fingerprint density at radius 3 is 2.73 bits per heavy atom. The van der Waals surface area contributed by atoms with Crippen LogP contribution in [-0.2, 0) is 11.3 Å². The second-order valence-corrected chi connectivity index (χ2v) is 5.23. The van der Waals surface area contributed by atoms with Crippen LogP contribution in [0.5, 0.6) is 0 Å². The number of ether oxygens (including phenoxy) is 1. The first-order valence-electron chi connectivity index (χ1n) is 6.81. The number of hydrogen-bond donors (Lipinski definition) is 1. The molecule has 1 N–H and O–H groups in total. The highest BCUT2D eigenvalue weighted by molar-refractivity contribution is 5.92. The number of alkyl halides is 3. The van der Waals surface area contributed by atoms with Crippen LogP contribution in [0.15, 0.2) is 10.6 Å². The molecule has 22 heavy (non-hydrogen) atoms. The van der Waals surface area contributed by atoms with Crippen LogP contribution in [0.25, 0.3) is 0 Å². The van der Waals surface area contributed by atoms with Gasteiger partial charge in [0.05, 0.1) is 0 Å². The molecular formula is C13H17F3N2O4. The highest BCUT2D eigenvalue weighted by Crippen LogP contribution is 2.31. The summed E-state index contributed by atoms with van der Waals surface area (Å²) in [5.74, 6) is -0.885. The molecule has 0 radical (unpaired) electrons. The van der Waals surface area contributed by atoms with E-state index in [1.54, 1.807) is 0 Å². The summed E-state index contributed by atoms with van der Waals surface area (Å²) in [5, 5.41) is 12.9. The predicted octanol–water partition coefficient (Wildman–Crippen LogP) is 1.60. The third kappa shape index (κ3) is 3.77. The van der Waals surface area contributed by atoms with Gasteiger partial charge in [-0.25, -0.2) is 0 Å². The molecule has 2 rings (SSSR count). The third-order valence-corrected chi connectivity index (χ3v) is 3.67. The molecule has 1 aliphatic rings. The molecule has 1 atom stereocenters. The van der Waals surface area contributed by atoms with Crippen molar-refractivity contribution in [2.75, 3.05) is 20.2 Å². The van der Waals surface area contributed by atoms with Crippen LogP contribution < -0.4 is 0 Å². The first kappa shape index (κ1) is 16.8. The van der Waals surface area contributed by atoms with Crippen molar-refractivity contribution in [2.24, 2.45) is 5.92 Å². The number of hydrogen-bond acceptors (Lipinski definition) is 5. The van der Waals surface area contributed by atoms with E-state index in [4.69, 9.17) is 9.26 Å². The molecule has 2 heterocycles. The number of piperidine rings is 1. The van der Waals surface area contributed by atoms with Gasteiger partial charge in [-0.1, -0.05) is 5.16 Å². The van der Waals surface area contributed by atoms with Crippen molar-refractivity contribution in [1.82, 2.24) is 10.1 Å². The van der Waals surface area contributed by atoms with E-state index >= 15 is 0 Å². The summed E-state index contributed by atoms with van der Waals surface area (Å²) >= 11 is 0. The highest BCUT2D eigenvalue weighted by atomic mass is 19.4. The molecule has 1 fully saturated rings. The van der Waals surface area contributed by atoms with Gasteiger partial charge in [-0.2, -0.15) is 13.2 Å². The summed E-state index contributed by atoms with van der Waals surface area (Å²) in [5.41, 5.74) is 0.0990. The number of carbonyl (C=O) groups is 1. The maximum absolute atomic E-state index is 12.5. The minimum absolute atomic E-state index is 0.0925. The van der Waals surface area contributed by atoms with Crippen LogP contribution in [0.1, 0.15) is 29.1 Å². The number of carbonyl (C=O) groups excluding carboxylic acids is 1. The van der Waals surface area contributed by atoms with Gasteiger partial charge in [0.1, 0.15) is 6.61 Å². The molecule has 1 aromatic rings. The summed E-state index contributed by atoms with van der Waals surface area (Å²) in [4.78, 5) is 13.6. The number of likely N-dealkylation sites (tertiary alicyclic amines) is 1. The zero-order valence-corrected chi connectivity index (χ0v) is 12.0. The molecule has 1 aliphatic heterocycles. The molecule has 1 saturated heterocycles. The van der Waals surface area contributed by atoms with E-state index in [9.17, 15) is 23.1 Å². The van der Waals surface area contributed by atoms with Gasteiger partial charge in [-0.05, 0) is 18.8 Å². The molecular weight excluding hydrogens is 305 g/mol. The van der Waals surface area contributed by atoms with Gasteiger partial charge < -0.3 is 19.3 Å². The van der Waals surface area contributed by atoms with Crippen molar-refractivity contribution in [3.8, 4) is 0 Å². The molecule has 1 unspecified atom stereocenters. The topological polar surface area (TPSA) is 75.8 Å². The lowest BCUT2D eigenvalue weighted by molar-refractivity contribution is -0.222. The number of aliphatic hydroxyl groups is 1. The number of amides is 1. The van der Waals surface area contributed by atoms with Gasteiger partial charge in [0.15, 0.2) is 17.6 Å². The number of methoxy groups -OCH3 is 1. The fourth-order valence-corrected chi connectivity index (χ4v) is 2.47. The Bertz CT molecular complexity index is 510. The van der Waals surface area contributed by atoms with Gasteiger partial charge in [0, 0.05) is 26.3 Å². The summed E-state index contributed by atoms with van der Waals surface area (Å²) in [6.07, 6.45) is -6.78. The fourth-order valence-electron chi connectivity index (χ4n) is 2.47. The van der Waals surface area contributed by atoms with E-state index in [-0.39, 0.29) is 38.2 Å². The van der Waals surface area contributed by atoms with Crippen LogP contribution >= 0.6 is 0 Å². The Morgan fingerprint density at radius 1 is 1.55 bits per heavy atom. The van der Waals surface area contributed by atoms with Gasteiger partial charge in [0.25, 0.3) is 5.91 Å². The molecule has 124 valence electrons.